The highest BCUT2D eigenvalue weighted by Crippen LogP contribution is 2.35. The predicted molar refractivity (Wildman–Crippen MR) is 58.4 cm³/mol. The van der Waals surface area contributed by atoms with Crippen LogP contribution in [0.15, 0.2) is 11.5 Å². The Morgan fingerprint density at radius 2 is 1.89 bits per heavy atom. The van der Waals surface area contributed by atoms with Crippen LogP contribution in [0.4, 0.5) is 0 Å². The van der Waals surface area contributed by atoms with Crippen molar-refractivity contribution in [3.8, 4) is 0 Å². The predicted octanol–water partition coefficient (Wildman–Crippen LogP) is 0.0320. The Balaban J connectivity index is 3.07. The zero-order valence-corrected chi connectivity index (χ0v) is 10.4. The lowest BCUT2D eigenvalue weighted by Gasteiger charge is -2.24. The molecule has 2 N–H and O–H groups in total. The number of aliphatic hydroxyl groups is 2. The van der Waals surface area contributed by atoms with Crippen LogP contribution in [0.5, 0.6) is 0 Å². The molecule has 0 radical (unpaired) electrons. The maximum absolute atomic E-state index is 11.7. The number of hydrogen-bond acceptors (Lipinski definition) is 7. The molecule has 0 amide bonds. The molecule has 0 spiro atoms. The van der Waals surface area contributed by atoms with Crippen LogP contribution in [0.25, 0.3) is 0 Å². The molecule has 0 aromatic rings. The van der Waals surface area contributed by atoms with Crippen molar-refractivity contribution in [3.63, 3.8) is 0 Å². The number of carbonyl (C=O) groups is 2. The molecule has 0 aromatic carbocycles. The van der Waals surface area contributed by atoms with E-state index < -0.39 is 29.4 Å². The van der Waals surface area contributed by atoms with Crippen LogP contribution in [0.3, 0.4) is 0 Å². The number of carbonyl (C=O) groups excluding carboxylic acids is 2. The Hall–Kier alpha value is -1.76. The van der Waals surface area contributed by atoms with E-state index in [1.807, 2.05) is 0 Å². The van der Waals surface area contributed by atoms with Gasteiger partial charge in [0.1, 0.15) is 5.76 Å². The summed E-state index contributed by atoms with van der Waals surface area (Å²) in [6.07, 6.45) is -1.66. The molecule has 7 heteroatoms. The van der Waals surface area contributed by atoms with Gasteiger partial charge in [0, 0.05) is 0 Å². The summed E-state index contributed by atoms with van der Waals surface area (Å²) in [7, 11) is 0. The van der Waals surface area contributed by atoms with Crippen LogP contribution >= 0.6 is 0 Å². The molecular formula is C11H16O7. The summed E-state index contributed by atoms with van der Waals surface area (Å²) in [4.78, 5) is 23.3. The molecule has 0 bridgehead atoms. The molecule has 1 aliphatic rings. The minimum absolute atomic E-state index is 0.0109. The fourth-order valence-electron chi connectivity index (χ4n) is 1.59. The van der Waals surface area contributed by atoms with Gasteiger partial charge in [0.05, 0.1) is 13.2 Å². The van der Waals surface area contributed by atoms with E-state index in [1.165, 1.54) is 13.8 Å². The lowest BCUT2D eigenvalue weighted by molar-refractivity contribution is -0.183. The fraction of sp³-hybridized carbons (Fsp3) is 0.636. The molecular weight excluding hydrogens is 244 g/mol. The average Bonchev–Trinajstić information content (AvgIpc) is 2.55. The van der Waals surface area contributed by atoms with Gasteiger partial charge < -0.3 is 24.4 Å². The highest BCUT2D eigenvalue weighted by molar-refractivity contribution is 5.93. The number of aliphatic hydroxyl groups excluding tert-OH is 1. The molecule has 0 aliphatic carbocycles. The van der Waals surface area contributed by atoms with Gasteiger partial charge in [0.2, 0.25) is 6.10 Å². The third kappa shape index (κ3) is 2.13. The fourth-order valence-corrected chi connectivity index (χ4v) is 1.59. The molecule has 2 atom stereocenters. The first-order chi connectivity index (χ1) is 8.39. The van der Waals surface area contributed by atoms with Crippen LogP contribution in [-0.2, 0) is 23.8 Å². The molecule has 1 heterocycles. The van der Waals surface area contributed by atoms with Gasteiger partial charge in [-0.05, 0) is 20.8 Å². The van der Waals surface area contributed by atoms with Gasteiger partial charge in [0.25, 0.3) is 5.60 Å². The first kappa shape index (κ1) is 14.3. The highest BCUT2D eigenvalue weighted by atomic mass is 16.6. The van der Waals surface area contributed by atoms with Crippen molar-refractivity contribution < 1.29 is 34.0 Å². The van der Waals surface area contributed by atoms with Gasteiger partial charge in [-0.25, -0.2) is 9.59 Å². The zero-order chi connectivity index (χ0) is 13.9. The van der Waals surface area contributed by atoms with Crippen LogP contribution in [0.1, 0.15) is 20.8 Å². The van der Waals surface area contributed by atoms with Crippen molar-refractivity contribution in [1.29, 1.82) is 0 Å². The largest absolute Gasteiger partial charge is 0.506 e. The van der Waals surface area contributed by atoms with E-state index in [0.29, 0.717) is 0 Å². The molecule has 2 unspecified atom stereocenters. The Morgan fingerprint density at radius 3 is 2.39 bits per heavy atom. The van der Waals surface area contributed by atoms with Gasteiger partial charge >= 0.3 is 11.9 Å². The van der Waals surface area contributed by atoms with Crippen molar-refractivity contribution in [1.82, 2.24) is 0 Å². The Kier molecular flexibility index (Phi) is 4.18. The van der Waals surface area contributed by atoms with Gasteiger partial charge in [-0.3, -0.25) is 0 Å². The first-order valence-corrected chi connectivity index (χ1v) is 5.52. The summed E-state index contributed by atoms with van der Waals surface area (Å²) < 4.78 is 14.3. The third-order valence-electron chi connectivity index (χ3n) is 2.46. The number of hydrogen-bond donors (Lipinski definition) is 2. The monoisotopic (exact) mass is 260 g/mol. The molecule has 102 valence electrons. The normalized spacial score (nSPS) is 26.8. The van der Waals surface area contributed by atoms with Gasteiger partial charge in [-0.2, -0.15) is 0 Å². The van der Waals surface area contributed by atoms with Crippen molar-refractivity contribution >= 4 is 11.9 Å². The second-order valence-corrected chi connectivity index (χ2v) is 3.64. The quantitative estimate of drug-likeness (QED) is 0.687. The van der Waals surface area contributed by atoms with E-state index in [9.17, 15) is 19.8 Å². The minimum atomic E-state index is -2.55. The highest BCUT2D eigenvalue weighted by Gasteiger charge is 2.60. The topological polar surface area (TPSA) is 102 Å². The molecule has 0 saturated heterocycles. The van der Waals surface area contributed by atoms with Crippen LogP contribution in [0, 0.1) is 0 Å². The van der Waals surface area contributed by atoms with Crippen LogP contribution in [-0.4, -0.2) is 47.1 Å². The molecule has 7 nitrogen and oxygen atoms in total. The molecule has 1 rings (SSSR count). The van der Waals surface area contributed by atoms with Crippen molar-refractivity contribution in [2.24, 2.45) is 0 Å². The maximum Gasteiger partial charge on any atom is 0.351 e. The minimum Gasteiger partial charge on any atom is -0.506 e. The molecule has 0 fully saturated rings. The second-order valence-electron chi connectivity index (χ2n) is 3.64. The van der Waals surface area contributed by atoms with Crippen molar-refractivity contribution in [2.75, 3.05) is 13.2 Å². The Morgan fingerprint density at radius 1 is 1.33 bits per heavy atom. The van der Waals surface area contributed by atoms with E-state index in [0.717, 1.165) is 0 Å². The average molecular weight is 260 g/mol. The third-order valence-corrected chi connectivity index (χ3v) is 2.46. The van der Waals surface area contributed by atoms with Crippen molar-refractivity contribution in [3.05, 3.63) is 11.5 Å². The summed E-state index contributed by atoms with van der Waals surface area (Å²) in [5, 5.41) is 19.9. The number of allylic oxidation sites excluding steroid dienone is 1. The second kappa shape index (κ2) is 5.26. The molecule has 18 heavy (non-hydrogen) atoms. The zero-order valence-electron chi connectivity index (χ0n) is 10.4. The molecule has 1 aliphatic heterocycles. The standard InChI is InChI=1S/C11H16O7/c1-4-16-9(13)8-11(15,10(14)17-5-2)7(12)6(3)18-8/h8,12,15H,4-5H2,1-3H3. The maximum atomic E-state index is 11.7. The van der Waals surface area contributed by atoms with Gasteiger partial charge in [-0.1, -0.05) is 0 Å². The van der Waals surface area contributed by atoms with Crippen LogP contribution in [0.2, 0.25) is 0 Å². The summed E-state index contributed by atoms with van der Waals surface area (Å²) in [5.74, 6) is -2.96. The van der Waals surface area contributed by atoms with Crippen LogP contribution < -0.4 is 0 Å². The smallest absolute Gasteiger partial charge is 0.351 e. The Bertz CT molecular complexity index is 387. The van der Waals surface area contributed by atoms with Gasteiger partial charge in [0.15, 0.2) is 5.76 Å². The SMILES string of the molecule is CCOC(=O)C1OC(C)=C(O)C1(O)C(=O)OCC. The molecule has 0 aromatic heterocycles. The van der Waals surface area contributed by atoms with Crippen molar-refractivity contribution in [2.45, 2.75) is 32.5 Å². The number of ether oxygens (including phenoxy) is 3. The van der Waals surface area contributed by atoms with E-state index in [-0.39, 0.29) is 19.0 Å². The first-order valence-electron chi connectivity index (χ1n) is 5.52. The lowest BCUT2D eigenvalue weighted by Crippen LogP contribution is -2.53. The Labute approximate surface area is 104 Å². The molecule has 0 saturated carbocycles. The summed E-state index contributed by atoms with van der Waals surface area (Å²) >= 11 is 0. The van der Waals surface area contributed by atoms with E-state index in [4.69, 9.17) is 4.74 Å². The summed E-state index contributed by atoms with van der Waals surface area (Å²) in [6, 6.07) is 0. The van der Waals surface area contributed by atoms with E-state index in [1.54, 1.807) is 6.92 Å². The summed E-state index contributed by atoms with van der Waals surface area (Å²) in [5.41, 5.74) is -2.55. The van der Waals surface area contributed by atoms with E-state index in [2.05, 4.69) is 9.47 Å². The van der Waals surface area contributed by atoms with E-state index >= 15 is 0 Å². The summed E-state index contributed by atoms with van der Waals surface area (Å²) in [6.45, 7) is 4.46. The van der Waals surface area contributed by atoms with Gasteiger partial charge in [-0.15, -0.1) is 0 Å². The lowest BCUT2D eigenvalue weighted by atomic mass is 9.95. The number of esters is 2. The number of rotatable bonds is 4.